The van der Waals surface area contributed by atoms with E-state index in [1.165, 1.54) is 6.26 Å². The van der Waals surface area contributed by atoms with Gasteiger partial charge in [0.15, 0.2) is 5.78 Å². The normalized spacial score (nSPS) is 11.2. The third-order valence-corrected chi connectivity index (χ3v) is 4.16. The highest BCUT2D eigenvalue weighted by atomic mass is 35.5. The van der Waals surface area contributed by atoms with E-state index in [0.29, 0.717) is 32.5 Å². The molecule has 0 unspecified atom stereocenters. The first kappa shape index (κ1) is 13.9. The Bertz CT molecular complexity index is 1050. The van der Waals surface area contributed by atoms with Crippen LogP contribution in [0.4, 0.5) is 0 Å². The van der Waals surface area contributed by atoms with Crippen LogP contribution >= 0.6 is 11.6 Å². The molecule has 4 heteroatoms. The monoisotopic (exact) mass is 322 g/mol. The molecular formula is C19H11ClO3. The van der Waals surface area contributed by atoms with Crippen LogP contribution < -0.4 is 0 Å². The van der Waals surface area contributed by atoms with Gasteiger partial charge in [-0.15, -0.1) is 0 Å². The van der Waals surface area contributed by atoms with Crippen molar-refractivity contribution in [2.75, 3.05) is 0 Å². The summed E-state index contributed by atoms with van der Waals surface area (Å²) in [6, 6.07) is 15.6. The molecule has 1 N–H and O–H groups in total. The highest BCUT2D eigenvalue weighted by Gasteiger charge is 2.18. The first-order valence-corrected chi connectivity index (χ1v) is 7.45. The minimum Gasteiger partial charge on any atom is -0.507 e. The largest absolute Gasteiger partial charge is 0.507 e. The molecule has 3 nitrogen and oxygen atoms in total. The number of halogens is 1. The zero-order valence-corrected chi connectivity index (χ0v) is 12.7. The number of hydrogen-bond donors (Lipinski definition) is 1. The Balaban J connectivity index is 1.95. The Hall–Kier alpha value is -2.78. The van der Waals surface area contributed by atoms with E-state index >= 15 is 0 Å². The van der Waals surface area contributed by atoms with Crippen molar-refractivity contribution >= 4 is 39.1 Å². The fourth-order valence-electron chi connectivity index (χ4n) is 2.77. The maximum Gasteiger partial charge on any atom is 0.196 e. The summed E-state index contributed by atoms with van der Waals surface area (Å²) in [4.78, 5) is 12.7. The van der Waals surface area contributed by atoms with E-state index in [4.69, 9.17) is 16.0 Å². The molecule has 3 aromatic carbocycles. The van der Waals surface area contributed by atoms with Gasteiger partial charge in [-0.2, -0.15) is 0 Å². The van der Waals surface area contributed by atoms with Crippen molar-refractivity contribution in [3.8, 4) is 5.75 Å². The first-order chi connectivity index (χ1) is 11.1. The minimum absolute atomic E-state index is 0.125. The predicted molar refractivity (Wildman–Crippen MR) is 90.3 cm³/mol. The number of phenols is 1. The Labute approximate surface area is 136 Å². The number of carbonyl (C=O) groups is 1. The van der Waals surface area contributed by atoms with Gasteiger partial charge >= 0.3 is 0 Å². The Morgan fingerprint density at radius 2 is 1.65 bits per heavy atom. The summed E-state index contributed by atoms with van der Waals surface area (Å²) >= 11 is 5.86. The Morgan fingerprint density at radius 3 is 2.39 bits per heavy atom. The van der Waals surface area contributed by atoms with Gasteiger partial charge < -0.3 is 9.52 Å². The predicted octanol–water partition coefficient (Wildman–Crippen LogP) is 5.18. The van der Waals surface area contributed by atoms with E-state index in [1.54, 1.807) is 30.3 Å². The molecule has 0 fully saturated rings. The van der Waals surface area contributed by atoms with Gasteiger partial charge in [0.1, 0.15) is 17.6 Å². The van der Waals surface area contributed by atoms with Crippen LogP contribution in [-0.4, -0.2) is 10.9 Å². The number of ketones is 1. The van der Waals surface area contributed by atoms with Gasteiger partial charge in [-0.25, -0.2) is 0 Å². The molecule has 0 bridgehead atoms. The second-order valence-electron chi connectivity index (χ2n) is 5.30. The fourth-order valence-corrected chi connectivity index (χ4v) is 2.90. The third-order valence-electron chi connectivity index (χ3n) is 3.91. The summed E-state index contributed by atoms with van der Waals surface area (Å²) in [7, 11) is 0. The summed E-state index contributed by atoms with van der Waals surface area (Å²) in [5.74, 6) is -0.0465. The molecule has 4 aromatic rings. The van der Waals surface area contributed by atoms with Gasteiger partial charge in [-0.3, -0.25) is 4.79 Å². The van der Waals surface area contributed by atoms with Gasteiger partial charge in [0.25, 0.3) is 0 Å². The fraction of sp³-hybridized carbons (Fsp3) is 0. The van der Waals surface area contributed by atoms with Crippen LogP contribution in [-0.2, 0) is 0 Å². The number of aromatic hydroxyl groups is 1. The van der Waals surface area contributed by atoms with Gasteiger partial charge in [0.05, 0.1) is 5.56 Å². The zero-order chi connectivity index (χ0) is 16.0. The van der Waals surface area contributed by atoms with Crippen LogP contribution in [0.1, 0.15) is 15.9 Å². The number of furan rings is 1. The molecule has 0 radical (unpaired) electrons. The highest BCUT2D eigenvalue weighted by molar-refractivity contribution is 6.30. The Kier molecular flexibility index (Phi) is 3.10. The molecule has 0 atom stereocenters. The molecule has 1 heterocycles. The van der Waals surface area contributed by atoms with Crippen LogP contribution in [0.2, 0.25) is 5.02 Å². The SMILES string of the molecule is O=C(c1ccc(Cl)cc1)c1coc2c1cc(O)c1ccccc12. The average Bonchev–Trinajstić information content (AvgIpc) is 2.99. The summed E-state index contributed by atoms with van der Waals surface area (Å²) in [5, 5.41) is 12.9. The molecule has 0 aliphatic carbocycles. The van der Waals surface area contributed by atoms with Gasteiger partial charge in [-0.05, 0) is 30.3 Å². The van der Waals surface area contributed by atoms with E-state index in [1.807, 2.05) is 24.3 Å². The van der Waals surface area contributed by atoms with Crippen molar-refractivity contribution in [1.82, 2.24) is 0 Å². The topological polar surface area (TPSA) is 50.4 Å². The quantitative estimate of drug-likeness (QED) is 0.517. The second-order valence-corrected chi connectivity index (χ2v) is 5.74. The first-order valence-electron chi connectivity index (χ1n) is 7.07. The lowest BCUT2D eigenvalue weighted by Gasteiger charge is -2.03. The van der Waals surface area contributed by atoms with Crippen LogP contribution in [0.3, 0.4) is 0 Å². The van der Waals surface area contributed by atoms with Crippen LogP contribution in [0.25, 0.3) is 21.7 Å². The summed E-state index contributed by atoms with van der Waals surface area (Å²) in [5.41, 5.74) is 1.53. The Morgan fingerprint density at radius 1 is 0.957 bits per heavy atom. The number of hydrogen-bond acceptors (Lipinski definition) is 3. The number of fused-ring (bicyclic) bond motifs is 3. The number of phenolic OH excluding ortho intramolecular Hbond substituents is 1. The summed E-state index contributed by atoms with van der Waals surface area (Å²) < 4.78 is 5.63. The number of rotatable bonds is 2. The van der Waals surface area contributed by atoms with Crippen molar-refractivity contribution < 1.29 is 14.3 Å². The molecule has 0 saturated heterocycles. The lowest BCUT2D eigenvalue weighted by atomic mass is 10.00. The third kappa shape index (κ3) is 2.17. The molecule has 112 valence electrons. The maximum absolute atomic E-state index is 12.7. The average molecular weight is 323 g/mol. The van der Waals surface area contributed by atoms with E-state index in [-0.39, 0.29) is 11.5 Å². The molecule has 23 heavy (non-hydrogen) atoms. The van der Waals surface area contributed by atoms with Gasteiger partial charge in [-0.1, -0.05) is 35.9 Å². The van der Waals surface area contributed by atoms with E-state index in [0.717, 1.165) is 5.39 Å². The van der Waals surface area contributed by atoms with Gasteiger partial charge in [0, 0.05) is 26.7 Å². The van der Waals surface area contributed by atoms with Crippen LogP contribution in [0.5, 0.6) is 5.75 Å². The summed E-state index contributed by atoms with van der Waals surface area (Å²) in [6.45, 7) is 0. The smallest absolute Gasteiger partial charge is 0.196 e. The second kappa shape index (κ2) is 5.14. The van der Waals surface area contributed by atoms with Crippen molar-refractivity contribution in [2.24, 2.45) is 0 Å². The molecule has 0 saturated carbocycles. The molecule has 0 amide bonds. The minimum atomic E-state index is -0.171. The van der Waals surface area contributed by atoms with E-state index < -0.39 is 0 Å². The van der Waals surface area contributed by atoms with Crippen LogP contribution in [0.15, 0.2) is 65.3 Å². The van der Waals surface area contributed by atoms with Crippen molar-refractivity contribution in [1.29, 1.82) is 0 Å². The van der Waals surface area contributed by atoms with Crippen LogP contribution in [0, 0.1) is 0 Å². The molecule has 1 aromatic heterocycles. The highest BCUT2D eigenvalue weighted by Crippen LogP contribution is 2.36. The van der Waals surface area contributed by atoms with E-state index in [9.17, 15) is 9.90 Å². The molecule has 0 aliphatic heterocycles. The van der Waals surface area contributed by atoms with E-state index in [2.05, 4.69) is 0 Å². The lowest BCUT2D eigenvalue weighted by molar-refractivity contribution is 0.103. The van der Waals surface area contributed by atoms with Crippen molar-refractivity contribution in [3.63, 3.8) is 0 Å². The van der Waals surface area contributed by atoms with Crippen molar-refractivity contribution in [3.05, 3.63) is 77.0 Å². The maximum atomic E-state index is 12.7. The summed E-state index contributed by atoms with van der Waals surface area (Å²) in [6.07, 6.45) is 1.44. The molecule has 0 aliphatic rings. The molecular weight excluding hydrogens is 312 g/mol. The number of carbonyl (C=O) groups excluding carboxylic acids is 1. The zero-order valence-electron chi connectivity index (χ0n) is 11.9. The standard InChI is InChI=1S/C19H11ClO3/c20-12-7-5-11(6-8-12)18(22)16-10-23-19-14-4-2-1-3-13(14)17(21)9-15(16)19/h1-10,21H. The molecule has 4 rings (SSSR count). The number of benzene rings is 3. The van der Waals surface area contributed by atoms with Crippen molar-refractivity contribution in [2.45, 2.75) is 0 Å². The van der Waals surface area contributed by atoms with Gasteiger partial charge in [0.2, 0.25) is 0 Å². The lowest BCUT2D eigenvalue weighted by Crippen LogP contribution is -1.99. The molecule has 0 spiro atoms.